The van der Waals surface area contributed by atoms with Gasteiger partial charge >= 0.3 is 0 Å². The SMILES string of the molecule is O=C(NCCSCc1ccco1)c1cc2c(s1)CCCCC2. The maximum Gasteiger partial charge on any atom is 0.261 e. The van der Waals surface area contributed by atoms with E-state index in [1.54, 1.807) is 29.4 Å². The summed E-state index contributed by atoms with van der Waals surface area (Å²) in [6, 6.07) is 5.99. The molecule has 118 valence electrons. The number of carbonyl (C=O) groups is 1. The Labute approximate surface area is 139 Å². The number of carbonyl (C=O) groups excluding carboxylic acids is 1. The molecule has 0 fully saturated rings. The van der Waals surface area contributed by atoms with Crippen molar-refractivity contribution in [2.24, 2.45) is 0 Å². The summed E-state index contributed by atoms with van der Waals surface area (Å²) >= 11 is 3.46. The Hall–Kier alpha value is -1.20. The van der Waals surface area contributed by atoms with Crippen molar-refractivity contribution in [2.75, 3.05) is 12.3 Å². The van der Waals surface area contributed by atoms with Crippen molar-refractivity contribution in [2.45, 2.75) is 37.9 Å². The summed E-state index contributed by atoms with van der Waals surface area (Å²) in [5.41, 5.74) is 1.40. The van der Waals surface area contributed by atoms with Crippen LogP contribution in [0.25, 0.3) is 0 Å². The molecule has 0 saturated heterocycles. The first kappa shape index (κ1) is 15.7. The molecule has 3 rings (SSSR count). The van der Waals surface area contributed by atoms with E-state index in [9.17, 15) is 4.79 Å². The molecular weight excluding hydrogens is 314 g/mol. The minimum atomic E-state index is 0.0803. The van der Waals surface area contributed by atoms with Crippen molar-refractivity contribution >= 4 is 29.0 Å². The molecule has 1 aliphatic rings. The number of rotatable bonds is 6. The maximum atomic E-state index is 12.2. The Morgan fingerprint density at radius 1 is 1.32 bits per heavy atom. The number of hydrogen-bond donors (Lipinski definition) is 1. The zero-order valence-electron chi connectivity index (χ0n) is 12.6. The van der Waals surface area contributed by atoms with E-state index in [2.05, 4.69) is 11.4 Å². The van der Waals surface area contributed by atoms with Gasteiger partial charge in [0.25, 0.3) is 5.91 Å². The highest BCUT2D eigenvalue weighted by Crippen LogP contribution is 2.28. The first-order valence-electron chi connectivity index (χ1n) is 7.83. The molecule has 0 saturated carbocycles. The fraction of sp³-hybridized carbons (Fsp3) is 0.471. The molecule has 2 aromatic rings. The van der Waals surface area contributed by atoms with Crippen LogP contribution in [0.4, 0.5) is 0 Å². The van der Waals surface area contributed by atoms with Crippen LogP contribution in [0, 0.1) is 0 Å². The lowest BCUT2D eigenvalue weighted by molar-refractivity contribution is 0.0960. The number of amides is 1. The van der Waals surface area contributed by atoms with Crippen molar-refractivity contribution < 1.29 is 9.21 Å². The lowest BCUT2D eigenvalue weighted by atomic mass is 10.1. The number of nitrogens with one attached hydrogen (secondary N) is 1. The van der Waals surface area contributed by atoms with E-state index in [0.29, 0.717) is 6.54 Å². The third kappa shape index (κ3) is 4.17. The van der Waals surface area contributed by atoms with Crippen LogP contribution in [0.15, 0.2) is 28.9 Å². The highest BCUT2D eigenvalue weighted by atomic mass is 32.2. The Morgan fingerprint density at radius 3 is 3.09 bits per heavy atom. The molecule has 0 spiro atoms. The zero-order chi connectivity index (χ0) is 15.2. The second-order valence-corrected chi connectivity index (χ2v) is 7.75. The van der Waals surface area contributed by atoms with Crippen LogP contribution in [0.3, 0.4) is 0 Å². The highest BCUT2D eigenvalue weighted by Gasteiger charge is 2.16. The van der Waals surface area contributed by atoms with Crippen LogP contribution < -0.4 is 5.32 Å². The number of thioether (sulfide) groups is 1. The Balaban J connectivity index is 1.42. The summed E-state index contributed by atoms with van der Waals surface area (Å²) in [5, 5.41) is 3.02. The maximum absolute atomic E-state index is 12.2. The number of fused-ring (bicyclic) bond motifs is 1. The van der Waals surface area contributed by atoms with Gasteiger partial charge in [-0.25, -0.2) is 0 Å². The van der Waals surface area contributed by atoms with E-state index in [0.717, 1.165) is 35.0 Å². The second-order valence-electron chi connectivity index (χ2n) is 5.51. The second kappa shape index (κ2) is 7.88. The Kier molecular flexibility index (Phi) is 5.62. The lowest BCUT2D eigenvalue weighted by Crippen LogP contribution is -2.24. The molecule has 0 aromatic carbocycles. The Bertz CT molecular complexity index is 581. The van der Waals surface area contributed by atoms with Crippen molar-refractivity contribution in [3.8, 4) is 0 Å². The number of furan rings is 1. The van der Waals surface area contributed by atoms with Gasteiger partial charge < -0.3 is 9.73 Å². The largest absolute Gasteiger partial charge is 0.468 e. The molecular formula is C17H21NO2S2. The topological polar surface area (TPSA) is 42.2 Å². The average molecular weight is 335 g/mol. The van der Waals surface area contributed by atoms with Crippen molar-refractivity contribution in [3.05, 3.63) is 45.5 Å². The number of aryl methyl sites for hydroxylation is 2. The molecule has 1 N–H and O–H groups in total. The van der Waals surface area contributed by atoms with Gasteiger partial charge in [0.05, 0.1) is 16.9 Å². The minimum absolute atomic E-state index is 0.0803. The molecule has 2 heterocycles. The standard InChI is InChI=1S/C17H21NO2S2/c19-17(18-8-10-21-12-14-6-4-9-20-14)16-11-13-5-2-1-3-7-15(13)22-16/h4,6,9,11H,1-3,5,7-8,10,12H2,(H,18,19). The lowest BCUT2D eigenvalue weighted by Gasteiger charge is -2.03. The van der Waals surface area contributed by atoms with Gasteiger partial charge in [-0.15, -0.1) is 11.3 Å². The van der Waals surface area contributed by atoms with E-state index < -0.39 is 0 Å². The van der Waals surface area contributed by atoms with Crippen LogP contribution in [0.2, 0.25) is 0 Å². The fourth-order valence-corrected chi connectivity index (χ4v) is 4.60. The average Bonchev–Trinajstić information content (AvgIpc) is 3.13. The van der Waals surface area contributed by atoms with Crippen LogP contribution >= 0.6 is 23.1 Å². The summed E-state index contributed by atoms with van der Waals surface area (Å²) in [5.74, 6) is 2.82. The summed E-state index contributed by atoms with van der Waals surface area (Å²) in [6.45, 7) is 0.701. The molecule has 5 heteroatoms. The minimum Gasteiger partial charge on any atom is -0.468 e. The molecule has 0 atom stereocenters. The monoisotopic (exact) mass is 335 g/mol. The van der Waals surface area contributed by atoms with Crippen LogP contribution in [-0.4, -0.2) is 18.2 Å². The van der Waals surface area contributed by atoms with Crippen molar-refractivity contribution in [1.82, 2.24) is 5.32 Å². The van der Waals surface area contributed by atoms with Crippen molar-refractivity contribution in [1.29, 1.82) is 0 Å². The molecule has 3 nitrogen and oxygen atoms in total. The fourth-order valence-electron chi connectivity index (χ4n) is 2.67. The van der Waals surface area contributed by atoms with E-state index >= 15 is 0 Å². The molecule has 1 aliphatic carbocycles. The van der Waals surface area contributed by atoms with Gasteiger partial charge in [-0.05, 0) is 49.4 Å². The van der Waals surface area contributed by atoms with Gasteiger partial charge in [0, 0.05) is 17.2 Å². The van der Waals surface area contributed by atoms with Crippen LogP contribution in [0.5, 0.6) is 0 Å². The molecule has 1 amide bonds. The molecule has 0 unspecified atom stereocenters. The van der Waals surface area contributed by atoms with Gasteiger partial charge in [-0.1, -0.05) is 6.42 Å². The molecule has 2 aromatic heterocycles. The predicted molar refractivity (Wildman–Crippen MR) is 92.8 cm³/mol. The van der Waals surface area contributed by atoms with Crippen molar-refractivity contribution in [3.63, 3.8) is 0 Å². The summed E-state index contributed by atoms with van der Waals surface area (Å²) in [7, 11) is 0. The number of hydrogen-bond acceptors (Lipinski definition) is 4. The van der Waals surface area contributed by atoms with Crippen LogP contribution in [0.1, 0.15) is 45.1 Å². The predicted octanol–water partition coefficient (Wildman–Crippen LogP) is 4.27. The van der Waals surface area contributed by atoms with Gasteiger partial charge in [0.1, 0.15) is 5.76 Å². The summed E-state index contributed by atoms with van der Waals surface area (Å²) in [4.78, 5) is 14.5. The number of thiophene rings is 1. The van der Waals surface area contributed by atoms with E-state index in [1.807, 2.05) is 12.1 Å². The third-order valence-corrected chi connectivity index (χ3v) is 6.04. The van der Waals surface area contributed by atoms with Gasteiger partial charge in [-0.3, -0.25) is 4.79 Å². The first-order chi connectivity index (χ1) is 10.8. The van der Waals surface area contributed by atoms with E-state index in [1.165, 1.54) is 29.7 Å². The molecule has 0 aliphatic heterocycles. The zero-order valence-corrected chi connectivity index (χ0v) is 14.2. The molecule has 0 radical (unpaired) electrons. The van der Waals surface area contributed by atoms with E-state index in [4.69, 9.17) is 4.42 Å². The summed E-state index contributed by atoms with van der Waals surface area (Å²) in [6.07, 6.45) is 7.81. The quantitative estimate of drug-likeness (QED) is 0.633. The molecule has 0 bridgehead atoms. The first-order valence-corrected chi connectivity index (χ1v) is 9.80. The normalized spacial score (nSPS) is 14.4. The smallest absolute Gasteiger partial charge is 0.261 e. The molecule has 22 heavy (non-hydrogen) atoms. The van der Waals surface area contributed by atoms with Crippen LogP contribution in [-0.2, 0) is 18.6 Å². The summed E-state index contributed by atoms with van der Waals surface area (Å²) < 4.78 is 5.28. The van der Waals surface area contributed by atoms with Gasteiger partial charge in [-0.2, -0.15) is 11.8 Å². The van der Waals surface area contributed by atoms with E-state index in [-0.39, 0.29) is 5.91 Å². The third-order valence-electron chi connectivity index (χ3n) is 3.83. The van der Waals surface area contributed by atoms with Gasteiger partial charge in [0.15, 0.2) is 0 Å². The Morgan fingerprint density at radius 2 is 2.23 bits per heavy atom. The highest BCUT2D eigenvalue weighted by molar-refractivity contribution is 7.98. The van der Waals surface area contributed by atoms with Gasteiger partial charge in [0.2, 0.25) is 0 Å².